The first-order valence-corrected chi connectivity index (χ1v) is 5.31. The Morgan fingerprint density at radius 1 is 1.38 bits per heavy atom. The van der Waals surface area contributed by atoms with Crippen molar-refractivity contribution in [1.82, 2.24) is 0 Å². The van der Waals surface area contributed by atoms with E-state index in [4.69, 9.17) is 5.41 Å². The Labute approximate surface area is 83.4 Å². The molecule has 2 heteroatoms. The van der Waals surface area contributed by atoms with E-state index in [2.05, 4.69) is 6.58 Å². The summed E-state index contributed by atoms with van der Waals surface area (Å²) in [6.07, 6.45) is 1.86. The average Bonchev–Trinajstić information content (AvgIpc) is 2.19. The molecule has 0 fully saturated rings. The zero-order valence-corrected chi connectivity index (χ0v) is 8.31. The van der Waals surface area contributed by atoms with Crippen LogP contribution in [-0.2, 0) is 0 Å². The molecule has 0 amide bonds. The SMILES string of the molecule is C=CCSCC(=N)c1ccccc1. The molecule has 0 saturated carbocycles. The van der Waals surface area contributed by atoms with Gasteiger partial charge in [-0.1, -0.05) is 36.4 Å². The van der Waals surface area contributed by atoms with Crippen LogP contribution in [0.2, 0.25) is 0 Å². The van der Waals surface area contributed by atoms with Crippen LogP contribution in [-0.4, -0.2) is 17.2 Å². The van der Waals surface area contributed by atoms with Crippen LogP contribution < -0.4 is 0 Å². The van der Waals surface area contributed by atoms with E-state index < -0.39 is 0 Å². The van der Waals surface area contributed by atoms with E-state index in [-0.39, 0.29) is 0 Å². The quantitative estimate of drug-likeness (QED) is 0.432. The lowest BCUT2D eigenvalue weighted by atomic mass is 10.1. The van der Waals surface area contributed by atoms with Crippen LogP contribution in [0.3, 0.4) is 0 Å². The third-order valence-corrected chi connectivity index (χ3v) is 2.57. The number of hydrogen-bond donors (Lipinski definition) is 1. The monoisotopic (exact) mass is 191 g/mol. The van der Waals surface area contributed by atoms with E-state index >= 15 is 0 Å². The number of rotatable bonds is 5. The molecule has 0 heterocycles. The topological polar surface area (TPSA) is 23.9 Å². The number of thioether (sulfide) groups is 1. The van der Waals surface area contributed by atoms with Crippen molar-refractivity contribution in [3.05, 3.63) is 48.6 Å². The molecule has 0 atom stereocenters. The number of hydrogen-bond acceptors (Lipinski definition) is 2. The summed E-state index contributed by atoms with van der Waals surface area (Å²) in [5.41, 5.74) is 1.70. The first-order chi connectivity index (χ1) is 6.34. The van der Waals surface area contributed by atoms with E-state index in [1.807, 2.05) is 36.4 Å². The van der Waals surface area contributed by atoms with E-state index in [0.29, 0.717) is 5.71 Å². The lowest BCUT2D eigenvalue weighted by Gasteiger charge is -2.01. The van der Waals surface area contributed by atoms with Crippen molar-refractivity contribution >= 4 is 17.5 Å². The molecule has 0 aliphatic rings. The van der Waals surface area contributed by atoms with Gasteiger partial charge in [0.05, 0.1) is 0 Å². The highest BCUT2D eigenvalue weighted by Crippen LogP contribution is 2.06. The molecule has 0 bridgehead atoms. The molecule has 0 aliphatic carbocycles. The molecule has 0 aliphatic heterocycles. The Kier molecular flexibility index (Phi) is 4.33. The van der Waals surface area contributed by atoms with Crippen molar-refractivity contribution in [2.24, 2.45) is 0 Å². The first kappa shape index (κ1) is 10.1. The van der Waals surface area contributed by atoms with Gasteiger partial charge in [0, 0.05) is 17.2 Å². The molecule has 1 N–H and O–H groups in total. The number of benzene rings is 1. The Morgan fingerprint density at radius 2 is 2.08 bits per heavy atom. The van der Waals surface area contributed by atoms with Gasteiger partial charge in [-0.05, 0) is 5.56 Å². The molecular formula is C11H13NS. The maximum atomic E-state index is 7.75. The smallest absolute Gasteiger partial charge is 0.0485 e. The molecular weight excluding hydrogens is 178 g/mol. The molecule has 1 aromatic rings. The zero-order chi connectivity index (χ0) is 9.52. The molecule has 1 aromatic carbocycles. The Bertz CT molecular complexity index is 279. The van der Waals surface area contributed by atoms with Gasteiger partial charge in [-0.15, -0.1) is 6.58 Å². The molecule has 1 nitrogen and oxygen atoms in total. The largest absolute Gasteiger partial charge is 0.304 e. The van der Waals surface area contributed by atoms with Gasteiger partial charge in [0.25, 0.3) is 0 Å². The molecule has 0 unspecified atom stereocenters. The van der Waals surface area contributed by atoms with Crippen LogP contribution >= 0.6 is 11.8 Å². The second kappa shape index (κ2) is 5.60. The van der Waals surface area contributed by atoms with Crippen molar-refractivity contribution in [3.63, 3.8) is 0 Å². The van der Waals surface area contributed by atoms with Crippen LogP contribution in [0.4, 0.5) is 0 Å². The predicted molar refractivity (Wildman–Crippen MR) is 60.8 cm³/mol. The maximum Gasteiger partial charge on any atom is 0.0485 e. The van der Waals surface area contributed by atoms with Crippen molar-refractivity contribution in [1.29, 1.82) is 5.41 Å². The summed E-state index contributed by atoms with van der Waals surface area (Å²) in [6.45, 7) is 3.64. The Hall–Kier alpha value is -1.02. The van der Waals surface area contributed by atoms with E-state index in [1.165, 1.54) is 0 Å². The third kappa shape index (κ3) is 3.47. The highest BCUT2D eigenvalue weighted by molar-refractivity contribution is 8.00. The van der Waals surface area contributed by atoms with Crippen molar-refractivity contribution < 1.29 is 0 Å². The summed E-state index contributed by atoms with van der Waals surface area (Å²) >= 11 is 1.71. The normalized spacial score (nSPS) is 9.54. The third-order valence-electron chi connectivity index (χ3n) is 1.60. The van der Waals surface area contributed by atoms with Crippen LogP contribution in [0, 0.1) is 5.41 Å². The van der Waals surface area contributed by atoms with Gasteiger partial charge in [-0.25, -0.2) is 0 Å². The fraction of sp³-hybridized carbons (Fsp3) is 0.182. The van der Waals surface area contributed by atoms with Crippen molar-refractivity contribution in [3.8, 4) is 0 Å². The Balaban J connectivity index is 2.45. The van der Waals surface area contributed by atoms with Crippen molar-refractivity contribution in [2.75, 3.05) is 11.5 Å². The van der Waals surface area contributed by atoms with E-state index in [1.54, 1.807) is 11.8 Å². The minimum Gasteiger partial charge on any atom is -0.304 e. The van der Waals surface area contributed by atoms with Gasteiger partial charge >= 0.3 is 0 Å². The first-order valence-electron chi connectivity index (χ1n) is 4.16. The summed E-state index contributed by atoms with van der Waals surface area (Å²) in [6, 6.07) is 9.82. The lowest BCUT2D eigenvalue weighted by Crippen LogP contribution is -2.01. The molecule has 0 spiro atoms. The van der Waals surface area contributed by atoms with E-state index in [0.717, 1.165) is 17.1 Å². The molecule has 1 rings (SSSR count). The highest BCUT2D eigenvalue weighted by Gasteiger charge is 1.98. The summed E-state index contributed by atoms with van der Waals surface area (Å²) in [5.74, 6) is 1.67. The van der Waals surface area contributed by atoms with Gasteiger partial charge in [0.2, 0.25) is 0 Å². The van der Waals surface area contributed by atoms with E-state index in [9.17, 15) is 0 Å². The van der Waals surface area contributed by atoms with Gasteiger partial charge in [0.1, 0.15) is 0 Å². The molecule has 68 valence electrons. The van der Waals surface area contributed by atoms with Gasteiger partial charge < -0.3 is 5.41 Å². The number of nitrogens with one attached hydrogen (secondary N) is 1. The lowest BCUT2D eigenvalue weighted by molar-refractivity contribution is 1.46. The fourth-order valence-electron chi connectivity index (χ4n) is 0.967. The zero-order valence-electron chi connectivity index (χ0n) is 7.49. The van der Waals surface area contributed by atoms with Crippen LogP contribution in [0.25, 0.3) is 0 Å². The standard InChI is InChI=1S/C11H13NS/c1-2-8-13-9-11(12)10-6-4-3-5-7-10/h2-7,12H,1,8-9H2. The molecule has 0 radical (unpaired) electrons. The summed E-state index contributed by atoms with van der Waals surface area (Å²) in [7, 11) is 0. The Morgan fingerprint density at radius 3 is 2.69 bits per heavy atom. The van der Waals surface area contributed by atoms with Gasteiger partial charge in [-0.3, -0.25) is 0 Å². The highest BCUT2D eigenvalue weighted by atomic mass is 32.2. The average molecular weight is 191 g/mol. The second-order valence-electron chi connectivity index (χ2n) is 2.65. The summed E-state index contributed by atoms with van der Waals surface area (Å²) in [4.78, 5) is 0. The summed E-state index contributed by atoms with van der Waals surface area (Å²) < 4.78 is 0. The molecule has 13 heavy (non-hydrogen) atoms. The minimum absolute atomic E-state index is 0.687. The van der Waals surface area contributed by atoms with Crippen molar-refractivity contribution in [2.45, 2.75) is 0 Å². The van der Waals surface area contributed by atoms with Crippen LogP contribution in [0.5, 0.6) is 0 Å². The fourth-order valence-corrected chi connectivity index (χ4v) is 1.62. The maximum absolute atomic E-state index is 7.75. The molecule has 0 aromatic heterocycles. The van der Waals surface area contributed by atoms with Crippen LogP contribution in [0.1, 0.15) is 5.56 Å². The second-order valence-corrected chi connectivity index (χ2v) is 3.68. The summed E-state index contributed by atoms with van der Waals surface area (Å²) in [5, 5.41) is 7.75. The predicted octanol–water partition coefficient (Wildman–Crippen LogP) is 2.97. The molecule has 0 saturated heterocycles. The minimum atomic E-state index is 0.687. The van der Waals surface area contributed by atoms with Crippen LogP contribution in [0.15, 0.2) is 43.0 Å². The van der Waals surface area contributed by atoms with Gasteiger partial charge in [0.15, 0.2) is 0 Å². The van der Waals surface area contributed by atoms with Gasteiger partial charge in [-0.2, -0.15) is 11.8 Å².